The minimum absolute atomic E-state index is 0.0702. The maximum atomic E-state index is 12.0. The van der Waals surface area contributed by atoms with Crippen molar-refractivity contribution in [2.45, 2.75) is 56.8 Å². The Bertz CT molecular complexity index is 609. The summed E-state index contributed by atoms with van der Waals surface area (Å²) in [4.78, 5) is 0. The van der Waals surface area contributed by atoms with Crippen LogP contribution in [0.2, 0.25) is 0 Å². The molecule has 0 aromatic heterocycles. The van der Waals surface area contributed by atoms with Crippen molar-refractivity contribution in [2.75, 3.05) is 13.1 Å². The summed E-state index contributed by atoms with van der Waals surface area (Å²) in [6.07, 6.45) is 4.22. The van der Waals surface area contributed by atoms with Gasteiger partial charge in [-0.05, 0) is 80.6 Å². The molecule has 0 saturated carbocycles. The molecule has 1 heterocycles. The number of aliphatic hydroxyl groups is 1. The van der Waals surface area contributed by atoms with Crippen LogP contribution < -0.4 is 10.5 Å². The Labute approximate surface area is 141 Å². The Balaban J connectivity index is 2.01. The molecule has 23 heavy (non-hydrogen) atoms. The highest BCUT2D eigenvalue weighted by atomic mass is 32.2. The molecule has 0 bridgehead atoms. The molecule has 1 aliphatic carbocycles. The van der Waals surface area contributed by atoms with Crippen LogP contribution in [0.3, 0.4) is 0 Å². The van der Waals surface area contributed by atoms with Crippen LogP contribution in [0.4, 0.5) is 0 Å². The second-order valence-electron chi connectivity index (χ2n) is 7.79. The fourth-order valence-electron chi connectivity index (χ4n) is 4.41. The third kappa shape index (κ3) is 3.12. The molecule has 1 spiro atoms. The monoisotopic (exact) mass is 336 g/mol. The third-order valence-corrected chi connectivity index (χ3v) is 7.15. The summed E-state index contributed by atoms with van der Waals surface area (Å²) in [6, 6.07) is 6.37. The van der Waals surface area contributed by atoms with Gasteiger partial charge in [-0.1, -0.05) is 18.2 Å². The van der Waals surface area contributed by atoms with Crippen LogP contribution in [0, 0.1) is 5.41 Å². The van der Waals surface area contributed by atoms with Gasteiger partial charge in [-0.25, -0.2) is 4.21 Å². The summed E-state index contributed by atoms with van der Waals surface area (Å²) in [6.45, 7) is 6.17. The zero-order valence-corrected chi connectivity index (χ0v) is 14.9. The van der Waals surface area contributed by atoms with Crippen LogP contribution in [-0.4, -0.2) is 27.2 Å². The summed E-state index contributed by atoms with van der Waals surface area (Å²) in [5.74, 6) is 0.369. The van der Waals surface area contributed by atoms with Crippen molar-refractivity contribution in [2.24, 2.45) is 10.6 Å². The summed E-state index contributed by atoms with van der Waals surface area (Å²) in [5.41, 5.74) is 3.95. The number of hydrogen-bond acceptors (Lipinski definition) is 3. The average molecular weight is 337 g/mol. The molecule has 2 atom stereocenters. The molecule has 1 saturated heterocycles. The topological polar surface area (TPSA) is 75.3 Å². The van der Waals surface area contributed by atoms with Crippen molar-refractivity contribution in [1.82, 2.24) is 5.32 Å². The predicted octanol–water partition coefficient (Wildman–Crippen LogP) is 1.98. The van der Waals surface area contributed by atoms with Crippen LogP contribution in [0.1, 0.15) is 55.7 Å². The molecular formula is C18H28N2O2S. The van der Waals surface area contributed by atoms with Crippen LogP contribution in [0.25, 0.3) is 0 Å². The molecule has 2 aliphatic rings. The highest BCUT2D eigenvalue weighted by Gasteiger charge is 2.48. The van der Waals surface area contributed by atoms with Crippen molar-refractivity contribution in [3.05, 3.63) is 34.9 Å². The SMILES string of the molecule is CC(C)(C[C@@H]1c2cc(CO)ccc2CC12CCNCC2)S(N)=O. The Morgan fingerprint density at radius 2 is 2.09 bits per heavy atom. The van der Waals surface area contributed by atoms with E-state index in [9.17, 15) is 9.32 Å². The lowest BCUT2D eigenvalue weighted by Gasteiger charge is -2.42. The largest absolute Gasteiger partial charge is 0.392 e. The number of nitrogens with one attached hydrogen (secondary N) is 1. The first-order chi connectivity index (χ1) is 10.9. The molecule has 4 N–H and O–H groups in total. The van der Waals surface area contributed by atoms with Gasteiger partial charge < -0.3 is 10.4 Å². The van der Waals surface area contributed by atoms with E-state index in [4.69, 9.17) is 5.14 Å². The Kier molecular flexibility index (Phi) is 4.67. The molecule has 5 heteroatoms. The molecule has 1 fully saturated rings. The Morgan fingerprint density at radius 1 is 1.39 bits per heavy atom. The van der Waals surface area contributed by atoms with E-state index >= 15 is 0 Å². The highest BCUT2D eigenvalue weighted by Crippen LogP contribution is 2.55. The van der Waals surface area contributed by atoms with Crippen molar-refractivity contribution in [1.29, 1.82) is 0 Å². The van der Waals surface area contributed by atoms with Gasteiger partial charge in [0.05, 0.1) is 22.3 Å². The fraction of sp³-hybridized carbons (Fsp3) is 0.667. The standard InChI is InChI=1S/C18H28N2O2S/c1-17(2,23(19)22)11-16-15-9-13(12-21)3-4-14(15)10-18(16)5-7-20-8-6-18/h3-4,9,16,20-21H,5-8,10-12,19H2,1-2H3/t16-,23?/m1/s1. The maximum absolute atomic E-state index is 12.0. The van der Waals surface area contributed by atoms with Gasteiger partial charge in [-0.15, -0.1) is 0 Å². The number of piperidine rings is 1. The number of rotatable bonds is 4. The van der Waals surface area contributed by atoms with Gasteiger partial charge in [-0.3, -0.25) is 5.14 Å². The normalized spacial score (nSPS) is 24.6. The second-order valence-corrected chi connectivity index (χ2v) is 9.49. The zero-order valence-electron chi connectivity index (χ0n) is 14.1. The van der Waals surface area contributed by atoms with E-state index in [2.05, 4.69) is 17.4 Å². The highest BCUT2D eigenvalue weighted by molar-refractivity contribution is 7.84. The van der Waals surface area contributed by atoms with E-state index in [1.165, 1.54) is 11.1 Å². The van der Waals surface area contributed by atoms with Gasteiger partial charge in [0.2, 0.25) is 0 Å². The molecule has 0 amide bonds. The average Bonchev–Trinajstić information content (AvgIpc) is 2.80. The smallest absolute Gasteiger partial charge is 0.0945 e. The number of aliphatic hydroxyl groups excluding tert-OH is 1. The van der Waals surface area contributed by atoms with Gasteiger partial charge in [-0.2, -0.15) is 0 Å². The van der Waals surface area contributed by atoms with Gasteiger partial charge >= 0.3 is 0 Å². The van der Waals surface area contributed by atoms with Crippen LogP contribution >= 0.6 is 0 Å². The first-order valence-electron chi connectivity index (χ1n) is 8.47. The fourth-order valence-corrected chi connectivity index (χ4v) is 4.74. The first-order valence-corrected chi connectivity index (χ1v) is 9.69. The second kappa shape index (κ2) is 6.28. The summed E-state index contributed by atoms with van der Waals surface area (Å²) >= 11 is 0. The van der Waals surface area contributed by atoms with Crippen LogP contribution in [0.5, 0.6) is 0 Å². The molecule has 3 rings (SSSR count). The molecule has 0 radical (unpaired) electrons. The molecule has 128 valence electrons. The molecule has 4 nitrogen and oxygen atoms in total. The van der Waals surface area contributed by atoms with Crippen LogP contribution in [-0.2, 0) is 24.0 Å². The van der Waals surface area contributed by atoms with E-state index in [-0.39, 0.29) is 12.0 Å². The lowest BCUT2D eigenvalue weighted by molar-refractivity contribution is 0.158. The van der Waals surface area contributed by atoms with Gasteiger partial charge in [0, 0.05) is 0 Å². The van der Waals surface area contributed by atoms with Crippen molar-refractivity contribution < 1.29 is 9.32 Å². The third-order valence-electron chi connectivity index (χ3n) is 5.89. The van der Waals surface area contributed by atoms with Crippen molar-refractivity contribution in [3.8, 4) is 0 Å². The summed E-state index contributed by atoms with van der Waals surface area (Å²) < 4.78 is 11.6. The van der Waals surface area contributed by atoms with E-state index in [1.807, 2.05) is 19.9 Å². The quantitative estimate of drug-likeness (QED) is 0.787. The maximum Gasteiger partial charge on any atom is 0.0945 e. The van der Waals surface area contributed by atoms with E-state index in [1.54, 1.807) is 0 Å². The van der Waals surface area contributed by atoms with Gasteiger partial charge in [0.15, 0.2) is 0 Å². The molecule has 1 aliphatic heterocycles. The first kappa shape index (κ1) is 17.1. The zero-order chi connectivity index (χ0) is 16.7. The van der Waals surface area contributed by atoms with Gasteiger partial charge in [0.1, 0.15) is 0 Å². The number of benzene rings is 1. The molecule has 1 unspecified atom stereocenters. The lowest BCUT2D eigenvalue weighted by Crippen LogP contribution is -2.43. The molecular weight excluding hydrogens is 308 g/mol. The Morgan fingerprint density at radius 3 is 2.70 bits per heavy atom. The summed E-state index contributed by atoms with van der Waals surface area (Å²) in [5, 5.41) is 18.7. The van der Waals surface area contributed by atoms with Crippen molar-refractivity contribution >= 4 is 11.0 Å². The Hall–Kier alpha value is -0.750. The van der Waals surface area contributed by atoms with Crippen LogP contribution in [0.15, 0.2) is 18.2 Å². The minimum Gasteiger partial charge on any atom is -0.392 e. The van der Waals surface area contributed by atoms with E-state index < -0.39 is 15.7 Å². The molecule has 1 aromatic carbocycles. The van der Waals surface area contributed by atoms with Crippen molar-refractivity contribution in [3.63, 3.8) is 0 Å². The number of nitrogens with two attached hydrogens (primary N) is 1. The molecule has 1 aromatic rings. The van der Waals surface area contributed by atoms with Gasteiger partial charge in [0.25, 0.3) is 0 Å². The number of hydrogen-bond donors (Lipinski definition) is 3. The van der Waals surface area contributed by atoms with E-state index in [0.717, 1.165) is 44.3 Å². The predicted molar refractivity (Wildman–Crippen MR) is 94.4 cm³/mol. The number of fused-ring (bicyclic) bond motifs is 1. The summed E-state index contributed by atoms with van der Waals surface area (Å²) in [7, 11) is -1.34. The van der Waals surface area contributed by atoms with E-state index in [0.29, 0.717) is 5.92 Å². The minimum atomic E-state index is -1.34. The lowest BCUT2D eigenvalue weighted by atomic mass is 9.67.